The van der Waals surface area contributed by atoms with Crippen molar-refractivity contribution in [3.63, 3.8) is 0 Å². The van der Waals surface area contributed by atoms with E-state index in [1.54, 1.807) is 50.3 Å². The molecule has 6 unspecified atom stereocenters. The van der Waals surface area contributed by atoms with Crippen LogP contribution in [-0.4, -0.2) is 87.4 Å². The molecule has 0 N–H and O–H groups in total. The first-order valence-electron chi connectivity index (χ1n) is 16.4. The molecule has 0 saturated carbocycles. The van der Waals surface area contributed by atoms with Gasteiger partial charge in [0.15, 0.2) is 0 Å². The van der Waals surface area contributed by atoms with Crippen molar-refractivity contribution in [3.8, 4) is 0 Å². The van der Waals surface area contributed by atoms with Gasteiger partial charge in [-0.3, -0.25) is 9.59 Å². The van der Waals surface area contributed by atoms with E-state index in [9.17, 15) is 19.2 Å². The third-order valence-corrected chi connectivity index (χ3v) is 7.10. The van der Waals surface area contributed by atoms with E-state index in [0.29, 0.717) is 37.2 Å². The fourth-order valence-electron chi connectivity index (χ4n) is 4.33. The van der Waals surface area contributed by atoms with Crippen LogP contribution < -0.4 is 0 Å². The molecular weight excluding hydrogens is 608 g/mol. The molecule has 1 aromatic rings. The number of ether oxygens (including phenoxy) is 7. The number of esters is 4. The number of carbonyl (C=O) groups is 4. The Morgan fingerprint density at radius 3 is 1.81 bits per heavy atom. The summed E-state index contributed by atoms with van der Waals surface area (Å²) in [5.74, 6) is -1.43. The van der Waals surface area contributed by atoms with Gasteiger partial charge in [0.25, 0.3) is 0 Å². The van der Waals surface area contributed by atoms with Gasteiger partial charge in [-0.05, 0) is 71.9 Å². The van der Waals surface area contributed by atoms with Crippen LogP contribution in [0.4, 0.5) is 0 Å². The van der Waals surface area contributed by atoms with Gasteiger partial charge in [0, 0.05) is 18.4 Å². The molecule has 11 heteroatoms. The lowest BCUT2D eigenvalue weighted by Crippen LogP contribution is -2.29. The van der Waals surface area contributed by atoms with Gasteiger partial charge in [0.1, 0.15) is 25.4 Å². The van der Waals surface area contributed by atoms with Crippen LogP contribution in [0.25, 0.3) is 0 Å². The molecule has 1 aliphatic carbocycles. The van der Waals surface area contributed by atoms with Crippen LogP contribution in [0.1, 0.15) is 84.0 Å². The lowest BCUT2D eigenvalue weighted by atomic mass is 9.93. The van der Waals surface area contributed by atoms with E-state index in [1.165, 1.54) is 0 Å². The highest BCUT2D eigenvalue weighted by molar-refractivity contribution is 5.90. The van der Waals surface area contributed by atoms with Crippen LogP contribution in [0.3, 0.4) is 0 Å². The smallest absolute Gasteiger partial charge is 0.338 e. The topological polar surface area (TPSA) is 133 Å². The van der Waals surface area contributed by atoms with E-state index >= 15 is 0 Å². The molecule has 0 saturated heterocycles. The second-order valence-corrected chi connectivity index (χ2v) is 12.0. The summed E-state index contributed by atoms with van der Waals surface area (Å²) in [5, 5.41) is 0. The molecule has 0 radical (unpaired) electrons. The number of rotatable bonds is 22. The SMILES string of the molecule is CC(COC(=O)C1=CC=CCC1C)OCC(C)OCC(C)OCC(C)OC(=O)CCCCC(=O)OCC(C)OC(=O)c1ccccc1. The third kappa shape index (κ3) is 17.3. The zero-order valence-corrected chi connectivity index (χ0v) is 28.6. The average Bonchev–Trinajstić information content (AvgIpc) is 3.05. The normalized spacial score (nSPS) is 17.4. The van der Waals surface area contributed by atoms with Crippen molar-refractivity contribution in [2.75, 3.05) is 33.0 Å². The molecule has 1 aromatic carbocycles. The minimum atomic E-state index is -0.582. The molecule has 11 nitrogen and oxygen atoms in total. The van der Waals surface area contributed by atoms with Crippen molar-refractivity contribution in [3.05, 3.63) is 59.7 Å². The summed E-state index contributed by atoms with van der Waals surface area (Å²) in [6, 6.07) is 8.58. The van der Waals surface area contributed by atoms with Crippen molar-refractivity contribution in [1.82, 2.24) is 0 Å². The zero-order chi connectivity index (χ0) is 34.6. The molecule has 0 amide bonds. The quantitative estimate of drug-likeness (QED) is 0.0881. The van der Waals surface area contributed by atoms with Crippen LogP contribution in [0.2, 0.25) is 0 Å². The van der Waals surface area contributed by atoms with E-state index in [4.69, 9.17) is 33.2 Å². The van der Waals surface area contributed by atoms with Crippen molar-refractivity contribution < 1.29 is 52.3 Å². The molecule has 0 fully saturated rings. The molecule has 2 rings (SSSR count). The van der Waals surface area contributed by atoms with Crippen LogP contribution in [0, 0.1) is 5.92 Å². The second-order valence-electron chi connectivity index (χ2n) is 12.0. The van der Waals surface area contributed by atoms with Crippen molar-refractivity contribution in [1.29, 1.82) is 0 Å². The zero-order valence-electron chi connectivity index (χ0n) is 28.6. The first-order valence-corrected chi connectivity index (χ1v) is 16.4. The van der Waals surface area contributed by atoms with Crippen LogP contribution in [0.5, 0.6) is 0 Å². The van der Waals surface area contributed by atoms with E-state index < -0.39 is 24.1 Å². The fraction of sp³-hybridized carbons (Fsp3) is 0.611. The highest BCUT2D eigenvalue weighted by atomic mass is 16.6. The number of hydrogen-bond acceptors (Lipinski definition) is 11. The van der Waals surface area contributed by atoms with Gasteiger partial charge in [0.2, 0.25) is 0 Å². The molecule has 47 heavy (non-hydrogen) atoms. The molecule has 0 spiro atoms. The average molecular weight is 661 g/mol. The van der Waals surface area contributed by atoms with Gasteiger partial charge in [-0.2, -0.15) is 0 Å². The number of allylic oxidation sites excluding steroid dienone is 3. The molecule has 0 aliphatic heterocycles. The van der Waals surface area contributed by atoms with Gasteiger partial charge in [-0.1, -0.05) is 43.4 Å². The minimum Gasteiger partial charge on any atom is -0.462 e. The Bertz CT molecular complexity index is 1160. The third-order valence-electron chi connectivity index (χ3n) is 7.10. The Kier molecular flexibility index (Phi) is 18.6. The van der Waals surface area contributed by atoms with Crippen molar-refractivity contribution in [2.24, 2.45) is 5.92 Å². The summed E-state index contributed by atoms with van der Waals surface area (Å²) in [7, 11) is 0. The van der Waals surface area contributed by atoms with Gasteiger partial charge in [-0.15, -0.1) is 0 Å². The van der Waals surface area contributed by atoms with E-state index in [2.05, 4.69) is 0 Å². The number of carbonyl (C=O) groups excluding carboxylic acids is 4. The maximum Gasteiger partial charge on any atom is 0.338 e. The predicted molar refractivity (Wildman–Crippen MR) is 175 cm³/mol. The van der Waals surface area contributed by atoms with Gasteiger partial charge in [0.05, 0.1) is 43.7 Å². The number of hydrogen-bond donors (Lipinski definition) is 0. The molecule has 6 atom stereocenters. The summed E-state index contributed by atoms with van der Waals surface area (Å²) in [6.45, 7) is 12.0. The Morgan fingerprint density at radius 2 is 1.19 bits per heavy atom. The summed E-state index contributed by atoms with van der Waals surface area (Å²) < 4.78 is 38.6. The Hall–Kier alpha value is -3.54. The highest BCUT2D eigenvalue weighted by Gasteiger charge is 2.20. The molecule has 1 aliphatic rings. The Morgan fingerprint density at radius 1 is 0.660 bits per heavy atom. The van der Waals surface area contributed by atoms with Gasteiger partial charge < -0.3 is 33.2 Å². The summed E-state index contributed by atoms with van der Waals surface area (Å²) >= 11 is 0. The maximum absolute atomic E-state index is 12.3. The van der Waals surface area contributed by atoms with Crippen LogP contribution >= 0.6 is 0 Å². The molecule has 0 aromatic heterocycles. The number of benzene rings is 1. The van der Waals surface area contributed by atoms with E-state index in [-0.39, 0.29) is 68.8 Å². The van der Waals surface area contributed by atoms with Gasteiger partial charge in [-0.25, -0.2) is 9.59 Å². The van der Waals surface area contributed by atoms with Gasteiger partial charge >= 0.3 is 23.9 Å². The molecule has 0 heterocycles. The standard InChI is InChI=1S/C36H52O11/c1-25-14-10-11-17-32(25)36(40)45-22-28(4)42-20-26(2)41-21-27(3)43-23-29(5)46-34(38)19-13-12-18-33(37)44-24-30(6)47-35(39)31-15-8-7-9-16-31/h7-11,15-17,25-30H,12-14,18-24H2,1-6H3. The fourth-order valence-corrected chi connectivity index (χ4v) is 4.33. The van der Waals surface area contributed by atoms with E-state index in [0.717, 1.165) is 6.42 Å². The monoisotopic (exact) mass is 660 g/mol. The predicted octanol–water partition coefficient (Wildman–Crippen LogP) is 5.55. The van der Waals surface area contributed by atoms with Crippen molar-refractivity contribution in [2.45, 2.75) is 104 Å². The second kappa shape index (κ2) is 22.1. The molecule has 0 bridgehead atoms. The van der Waals surface area contributed by atoms with Crippen molar-refractivity contribution >= 4 is 23.9 Å². The minimum absolute atomic E-state index is 0.0400. The lowest BCUT2D eigenvalue weighted by Gasteiger charge is -2.21. The summed E-state index contributed by atoms with van der Waals surface area (Å²) in [5.41, 5.74) is 1.11. The number of unbranched alkanes of at least 4 members (excludes halogenated alkanes) is 1. The molecule has 262 valence electrons. The van der Waals surface area contributed by atoms with E-state index in [1.807, 2.05) is 39.8 Å². The van der Waals surface area contributed by atoms with Crippen LogP contribution in [0.15, 0.2) is 54.1 Å². The highest BCUT2D eigenvalue weighted by Crippen LogP contribution is 2.21. The Labute approximate surface area is 278 Å². The summed E-state index contributed by atoms with van der Waals surface area (Å²) in [6.07, 6.45) is 6.07. The summed E-state index contributed by atoms with van der Waals surface area (Å²) in [4.78, 5) is 48.5. The Balaban J connectivity index is 1.47. The molecular formula is C36H52O11. The first-order chi connectivity index (χ1) is 22.4. The largest absolute Gasteiger partial charge is 0.462 e. The maximum atomic E-state index is 12.3. The van der Waals surface area contributed by atoms with Crippen LogP contribution in [-0.2, 0) is 47.5 Å². The first kappa shape index (κ1) is 39.6. The lowest BCUT2D eigenvalue weighted by molar-refractivity contribution is -0.153.